The maximum atomic E-state index is 3.66. The Hall–Kier alpha value is -0.760. The van der Waals surface area contributed by atoms with E-state index in [0.717, 1.165) is 13.0 Å². The summed E-state index contributed by atoms with van der Waals surface area (Å²) in [5.41, 5.74) is 3.26. The molecule has 0 saturated carbocycles. The van der Waals surface area contributed by atoms with Crippen LogP contribution >= 0.6 is 0 Å². The SMILES string of the molecule is CCCC(C)(C)C1NCCc2cc[nH]c21. The molecule has 0 aromatic carbocycles. The van der Waals surface area contributed by atoms with Crippen LogP contribution in [-0.2, 0) is 6.42 Å². The third kappa shape index (κ3) is 1.96. The highest BCUT2D eigenvalue weighted by atomic mass is 15.0. The molecule has 2 heteroatoms. The summed E-state index contributed by atoms with van der Waals surface area (Å²) in [6.45, 7) is 8.11. The zero-order chi connectivity index (χ0) is 10.9. The molecule has 1 unspecified atom stereocenters. The molecule has 1 aromatic heterocycles. The van der Waals surface area contributed by atoms with Gasteiger partial charge in [-0.25, -0.2) is 0 Å². The predicted molar refractivity (Wildman–Crippen MR) is 63.9 cm³/mol. The molecule has 1 aliphatic rings. The molecule has 2 N–H and O–H groups in total. The number of aromatic nitrogens is 1. The lowest BCUT2D eigenvalue weighted by Crippen LogP contribution is -2.39. The first kappa shape index (κ1) is 10.7. The van der Waals surface area contributed by atoms with Crippen molar-refractivity contribution in [2.75, 3.05) is 6.54 Å². The largest absolute Gasteiger partial charge is 0.363 e. The van der Waals surface area contributed by atoms with E-state index < -0.39 is 0 Å². The van der Waals surface area contributed by atoms with Crippen LogP contribution in [-0.4, -0.2) is 11.5 Å². The van der Waals surface area contributed by atoms with Crippen molar-refractivity contribution >= 4 is 0 Å². The summed E-state index contributed by atoms with van der Waals surface area (Å²) in [6.07, 6.45) is 5.76. The third-order valence-electron chi connectivity index (χ3n) is 3.58. The van der Waals surface area contributed by atoms with Gasteiger partial charge in [-0.05, 0) is 36.4 Å². The van der Waals surface area contributed by atoms with Crippen LogP contribution in [0.2, 0.25) is 0 Å². The molecule has 15 heavy (non-hydrogen) atoms. The summed E-state index contributed by atoms with van der Waals surface area (Å²) >= 11 is 0. The van der Waals surface area contributed by atoms with Gasteiger partial charge in [0.2, 0.25) is 0 Å². The second-order valence-corrected chi connectivity index (χ2v) is 5.29. The van der Waals surface area contributed by atoms with Crippen molar-refractivity contribution in [3.8, 4) is 0 Å². The average Bonchev–Trinajstić information content (AvgIpc) is 2.64. The number of hydrogen-bond acceptors (Lipinski definition) is 1. The zero-order valence-corrected chi connectivity index (χ0v) is 10.1. The van der Waals surface area contributed by atoms with Gasteiger partial charge in [0.25, 0.3) is 0 Å². The quantitative estimate of drug-likeness (QED) is 0.781. The molecular weight excluding hydrogens is 184 g/mol. The molecule has 84 valence electrons. The maximum absolute atomic E-state index is 3.66. The Balaban J connectivity index is 2.25. The van der Waals surface area contributed by atoms with Gasteiger partial charge < -0.3 is 10.3 Å². The van der Waals surface area contributed by atoms with Crippen LogP contribution in [0.4, 0.5) is 0 Å². The Morgan fingerprint density at radius 3 is 3.00 bits per heavy atom. The summed E-state index contributed by atoms with van der Waals surface area (Å²) in [7, 11) is 0. The van der Waals surface area contributed by atoms with Crippen molar-refractivity contribution in [3.63, 3.8) is 0 Å². The van der Waals surface area contributed by atoms with Crippen molar-refractivity contribution < 1.29 is 0 Å². The fraction of sp³-hybridized carbons (Fsp3) is 0.692. The second-order valence-electron chi connectivity index (χ2n) is 5.29. The van der Waals surface area contributed by atoms with Gasteiger partial charge in [-0.3, -0.25) is 0 Å². The van der Waals surface area contributed by atoms with Crippen molar-refractivity contribution in [3.05, 3.63) is 23.5 Å². The predicted octanol–water partition coefficient (Wildman–Crippen LogP) is 3.03. The smallest absolute Gasteiger partial charge is 0.0527 e. The van der Waals surface area contributed by atoms with Gasteiger partial charge >= 0.3 is 0 Å². The van der Waals surface area contributed by atoms with E-state index in [-0.39, 0.29) is 0 Å². The van der Waals surface area contributed by atoms with Gasteiger partial charge in [-0.1, -0.05) is 27.2 Å². The number of H-pyrrole nitrogens is 1. The van der Waals surface area contributed by atoms with E-state index in [0.29, 0.717) is 11.5 Å². The number of rotatable bonds is 3. The number of hydrogen-bond donors (Lipinski definition) is 2. The zero-order valence-electron chi connectivity index (χ0n) is 10.1. The molecule has 2 nitrogen and oxygen atoms in total. The lowest BCUT2D eigenvalue weighted by Gasteiger charge is -2.37. The fourth-order valence-corrected chi connectivity index (χ4v) is 2.81. The minimum absolute atomic E-state index is 0.342. The van der Waals surface area contributed by atoms with Crippen LogP contribution < -0.4 is 5.32 Å². The molecule has 1 aliphatic heterocycles. The van der Waals surface area contributed by atoms with Gasteiger partial charge in [0.15, 0.2) is 0 Å². The molecule has 0 aliphatic carbocycles. The summed E-state index contributed by atoms with van der Waals surface area (Å²) < 4.78 is 0. The Kier molecular flexibility index (Phi) is 2.87. The fourth-order valence-electron chi connectivity index (χ4n) is 2.81. The summed E-state index contributed by atoms with van der Waals surface area (Å²) in [4.78, 5) is 3.41. The van der Waals surface area contributed by atoms with Gasteiger partial charge in [-0.15, -0.1) is 0 Å². The minimum atomic E-state index is 0.342. The van der Waals surface area contributed by atoms with E-state index in [4.69, 9.17) is 0 Å². The molecule has 0 amide bonds. The molecule has 1 atom stereocenters. The molecule has 0 radical (unpaired) electrons. The van der Waals surface area contributed by atoms with Crippen LogP contribution in [0.5, 0.6) is 0 Å². The van der Waals surface area contributed by atoms with Crippen LogP contribution in [0, 0.1) is 5.41 Å². The van der Waals surface area contributed by atoms with Crippen LogP contribution in [0.25, 0.3) is 0 Å². The van der Waals surface area contributed by atoms with Crippen molar-refractivity contribution in [2.24, 2.45) is 5.41 Å². The first-order valence-corrected chi connectivity index (χ1v) is 6.04. The highest BCUT2D eigenvalue weighted by Gasteiger charge is 2.33. The number of fused-ring (bicyclic) bond motifs is 1. The lowest BCUT2D eigenvalue weighted by molar-refractivity contribution is 0.212. The van der Waals surface area contributed by atoms with E-state index in [1.807, 2.05) is 0 Å². The van der Waals surface area contributed by atoms with Crippen molar-refractivity contribution in [1.82, 2.24) is 10.3 Å². The monoisotopic (exact) mass is 206 g/mol. The lowest BCUT2D eigenvalue weighted by atomic mass is 9.76. The first-order chi connectivity index (χ1) is 7.15. The van der Waals surface area contributed by atoms with Crippen LogP contribution in [0.15, 0.2) is 12.3 Å². The Morgan fingerprint density at radius 1 is 1.47 bits per heavy atom. The van der Waals surface area contributed by atoms with Gasteiger partial charge in [0.05, 0.1) is 6.04 Å². The third-order valence-corrected chi connectivity index (χ3v) is 3.58. The topological polar surface area (TPSA) is 27.8 Å². The normalized spacial score (nSPS) is 21.4. The second kappa shape index (κ2) is 4.01. The summed E-state index contributed by atoms with van der Waals surface area (Å²) in [5.74, 6) is 0. The highest BCUT2D eigenvalue weighted by Crippen LogP contribution is 2.39. The van der Waals surface area contributed by atoms with Crippen LogP contribution in [0.3, 0.4) is 0 Å². The minimum Gasteiger partial charge on any atom is -0.363 e. The average molecular weight is 206 g/mol. The molecule has 2 heterocycles. The maximum Gasteiger partial charge on any atom is 0.0527 e. The molecule has 1 aromatic rings. The van der Waals surface area contributed by atoms with Gasteiger partial charge in [0, 0.05) is 11.9 Å². The number of nitrogens with one attached hydrogen (secondary N) is 2. The van der Waals surface area contributed by atoms with Crippen molar-refractivity contribution in [2.45, 2.75) is 46.1 Å². The van der Waals surface area contributed by atoms with E-state index >= 15 is 0 Å². The number of aromatic amines is 1. The Morgan fingerprint density at radius 2 is 2.27 bits per heavy atom. The van der Waals surface area contributed by atoms with Crippen molar-refractivity contribution in [1.29, 1.82) is 0 Å². The highest BCUT2D eigenvalue weighted by molar-refractivity contribution is 5.28. The van der Waals surface area contributed by atoms with E-state index in [1.165, 1.54) is 24.1 Å². The molecule has 0 bridgehead atoms. The van der Waals surface area contributed by atoms with E-state index in [9.17, 15) is 0 Å². The first-order valence-electron chi connectivity index (χ1n) is 6.04. The summed E-state index contributed by atoms with van der Waals surface area (Å²) in [5, 5.41) is 3.66. The van der Waals surface area contributed by atoms with E-state index in [2.05, 4.69) is 43.3 Å². The van der Waals surface area contributed by atoms with Gasteiger partial charge in [-0.2, -0.15) is 0 Å². The van der Waals surface area contributed by atoms with Gasteiger partial charge in [0.1, 0.15) is 0 Å². The summed E-state index contributed by atoms with van der Waals surface area (Å²) in [6, 6.07) is 2.72. The molecule has 0 saturated heterocycles. The van der Waals surface area contributed by atoms with Crippen LogP contribution in [0.1, 0.15) is 50.9 Å². The molecule has 0 fully saturated rings. The standard InChI is InChI=1S/C13H22N2/c1-4-7-13(2,3)12-11-10(5-8-14-11)6-9-15-12/h5,8,12,14-15H,4,6-7,9H2,1-3H3. The molecule has 2 rings (SSSR count). The molecule has 0 spiro atoms. The Bertz CT molecular complexity index is 325. The molecular formula is C13H22N2. The Labute approximate surface area is 92.5 Å². The van der Waals surface area contributed by atoms with E-state index in [1.54, 1.807) is 0 Å².